The third kappa shape index (κ3) is 6.00. The first-order chi connectivity index (χ1) is 8.04. The van der Waals surface area contributed by atoms with Gasteiger partial charge in [-0.2, -0.15) is 0 Å². The molecule has 1 amide bonds. The molecule has 1 saturated carbocycles. The lowest BCUT2D eigenvalue weighted by Crippen LogP contribution is -2.41. The predicted molar refractivity (Wildman–Crippen MR) is 66.0 cm³/mol. The molecule has 0 bridgehead atoms. The second-order valence-electron chi connectivity index (χ2n) is 5.32. The van der Waals surface area contributed by atoms with Gasteiger partial charge in [0.05, 0.1) is 0 Å². The maximum atomic E-state index is 11.7. The Kier molecular flexibility index (Phi) is 5.79. The van der Waals surface area contributed by atoms with E-state index in [2.05, 4.69) is 6.92 Å². The first-order valence-electron chi connectivity index (χ1n) is 5.77. The molecule has 0 heterocycles. The van der Waals surface area contributed by atoms with Crippen molar-refractivity contribution in [3.63, 3.8) is 0 Å². The van der Waals surface area contributed by atoms with Crippen molar-refractivity contribution in [2.45, 2.75) is 58.1 Å². The van der Waals surface area contributed by atoms with Crippen molar-refractivity contribution in [1.82, 2.24) is 4.90 Å². The monoisotopic (exact) mass is 279 g/mol. The van der Waals surface area contributed by atoms with Crippen molar-refractivity contribution in [1.29, 1.82) is 0 Å². The molecule has 18 heavy (non-hydrogen) atoms. The molecule has 0 aliphatic heterocycles. The normalized spacial score (nSPS) is 16.1. The summed E-state index contributed by atoms with van der Waals surface area (Å²) in [5.41, 5.74) is -0.294. The molecule has 106 valence electrons. The molecular formula is C11H21NO5S. The van der Waals surface area contributed by atoms with Crippen LogP contribution in [0.1, 0.15) is 47.0 Å². The number of hydrogen-bond donors (Lipinski definition) is 0. The zero-order valence-electron chi connectivity index (χ0n) is 11.5. The summed E-state index contributed by atoms with van der Waals surface area (Å²) in [7, 11) is -1.27. The van der Waals surface area contributed by atoms with Crippen LogP contribution in [0, 0.1) is 0 Å². The first-order valence-corrected chi connectivity index (χ1v) is 6.77. The molecule has 1 aliphatic rings. The lowest BCUT2D eigenvalue weighted by molar-refractivity contribution is 0.0190. The molecule has 0 aromatic rings. The number of carbonyl (C=O) groups is 1. The molecule has 7 heteroatoms. The van der Waals surface area contributed by atoms with Crippen molar-refractivity contribution in [3.05, 3.63) is 0 Å². The van der Waals surface area contributed by atoms with E-state index in [9.17, 15) is 4.79 Å². The molecule has 0 N–H and O–H groups in total. The fraction of sp³-hybridized carbons (Fsp3) is 0.909. The number of ether oxygens (including phenoxy) is 1. The summed E-state index contributed by atoms with van der Waals surface area (Å²) >= 11 is 0. The minimum absolute atomic E-state index is 0.0995. The highest BCUT2D eigenvalue weighted by Crippen LogP contribution is 2.44. The minimum atomic E-state index is -3.11. The largest absolute Gasteiger partial charge is 0.444 e. The Morgan fingerprint density at radius 2 is 1.67 bits per heavy atom. The van der Waals surface area contributed by atoms with E-state index in [0.717, 1.165) is 19.3 Å². The Morgan fingerprint density at radius 1 is 1.28 bits per heavy atom. The van der Waals surface area contributed by atoms with E-state index in [1.54, 1.807) is 4.90 Å². The Labute approximate surface area is 109 Å². The highest BCUT2D eigenvalue weighted by molar-refractivity contribution is 7.59. The average molecular weight is 279 g/mol. The van der Waals surface area contributed by atoms with Gasteiger partial charge in [-0.1, -0.05) is 6.92 Å². The molecular weight excluding hydrogens is 258 g/mol. The molecule has 0 unspecified atom stereocenters. The van der Waals surface area contributed by atoms with Gasteiger partial charge in [-0.3, -0.25) is 0 Å². The summed E-state index contributed by atoms with van der Waals surface area (Å²) in [5.74, 6) is 0. The van der Waals surface area contributed by atoms with Crippen molar-refractivity contribution >= 4 is 16.7 Å². The summed E-state index contributed by atoms with van der Waals surface area (Å²) < 4.78 is 30.6. The van der Waals surface area contributed by atoms with E-state index in [-0.39, 0.29) is 11.6 Å². The molecule has 0 aromatic heterocycles. The molecule has 6 nitrogen and oxygen atoms in total. The van der Waals surface area contributed by atoms with Gasteiger partial charge in [0, 0.05) is 12.6 Å². The summed E-state index contributed by atoms with van der Waals surface area (Å²) in [6, 6.07) is 0. The SMILES string of the molecule is CCC1(N(C)C(=O)OC(C)(C)C)CC1.O=S(=O)=O. The van der Waals surface area contributed by atoms with Gasteiger partial charge in [0.2, 0.25) is 0 Å². The smallest absolute Gasteiger partial charge is 0.425 e. The third-order valence-electron chi connectivity index (χ3n) is 2.86. The Bertz CT molecular complexity index is 384. The highest BCUT2D eigenvalue weighted by Gasteiger charge is 2.47. The zero-order chi connectivity index (χ0) is 14.6. The van der Waals surface area contributed by atoms with Crippen LogP contribution in [-0.2, 0) is 15.3 Å². The lowest BCUT2D eigenvalue weighted by Gasteiger charge is -2.30. The first kappa shape index (κ1) is 16.9. The van der Waals surface area contributed by atoms with Crippen molar-refractivity contribution in [2.75, 3.05) is 7.05 Å². The summed E-state index contributed by atoms with van der Waals surface area (Å²) in [4.78, 5) is 13.5. The number of amides is 1. The van der Waals surface area contributed by atoms with Crippen LogP contribution in [0.3, 0.4) is 0 Å². The van der Waals surface area contributed by atoms with Gasteiger partial charge in [-0.05, 0) is 40.0 Å². The zero-order valence-corrected chi connectivity index (χ0v) is 12.3. The van der Waals surface area contributed by atoms with Crippen LogP contribution in [0.4, 0.5) is 4.79 Å². The van der Waals surface area contributed by atoms with E-state index >= 15 is 0 Å². The van der Waals surface area contributed by atoms with Crippen LogP contribution in [0.2, 0.25) is 0 Å². The van der Waals surface area contributed by atoms with Gasteiger partial charge < -0.3 is 9.64 Å². The van der Waals surface area contributed by atoms with Gasteiger partial charge >= 0.3 is 16.7 Å². The van der Waals surface area contributed by atoms with Gasteiger partial charge in [-0.25, -0.2) is 4.79 Å². The molecule has 0 aromatic carbocycles. The molecule has 0 spiro atoms. The maximum absolute atomic E-state index is 11.7. The number of hydrogen-bond acceptors (Lipinski definition) is 5. The van der Waals surface area contributed by atoms with Gasteiger partial charge in [0.25, 0.3) is 0 Å². The summed E-state index contributed by atoms with van der Waals surface area (Å²) in [5, 5.41) is 0. The highest BCUT2D eigenvalue weighted by atomic mass is 32.2. The van der Waals surface area contributed by atoms with E-state index in [1.807, 2.05) is 27.8 Å². The van der Waals surface area contributed by atoms with E-state index in [0.29, 0.717) is 0 Å². The second-order valence-corrected chi connectivity index (χ2v) is 5.73. The van der Waals surface area contributed by atoms with Crippen molar-refractivity contribution < 1.29 is 22.2 Å². The van der Waals surface area contributed by atoms with Gasteiger partial charge in [0.15, 0.2) is 0 Å². The van der Waals surface area contributed by atoms with E-state index in [4.69, 9.17) is 17.4 Å². The molecule has 0 atom stereocenters. The Hall–Kier alpha value is -1.11. The van der Waals surface area contributed by atoms with Crippen LogP contribution in [0.25, 0.3) is 0 Å². The molecule has 0 radical (unpaired) electrons. The maximum Gasteiger partial charge on any atom is 0.425 e. The minimum Gasteiger partial charge on any atom is -0.444 e. The number of rotatable bonds is 2. The fourth-order valence-corrected chi connectivity index (χ4v) is 1.59. The topological polar surface area (TPSA) is 80.8 Å². The molecule has 0 saturated heterocycles. The quantitative estimate of drug-likeness (QED) is 0.769. The Morgan fingerprint density at radius 3 is 1.89 bits per heavy atom. The van der Waals surface area contributed by atoms with Crippen LogP contribution in [0.5, 0.6) is 0 Å². The number of nitrogens with zero attached hydrogens (tertiary/aromatic N) is 1. The average Bonchev–Trinajstić information content (AvgIpc) is 2.93. The van der Waals surface area contributed by atoms with Crippen LogP contribution < -0.4 is 0 Å². The lowest BCUT2D eigenvalue weighted by atomic mass is 10.2. The van der Waals surface area contributed by atoms with Gasteiger partial charge in [-0.15, -0.1) is 12.6 Å². The fourth-order valence-electron chi connectivity index (χ4n) is 1.59. The molecule has 1 aliphatic carbocycles. The standard InChI is InChI=1S/C11H21NO2.O3S/c1-6-11(7-8-11)12(5)9(13)14-10(2,3)4;1-4(2)3/h6-8H2,1-5H3;. The van der Waals surface area contributed by atoms with Crippen LogP contribution >= 0.6 is 0 Å². The summed E-state index contributed by atoms with van der Waals surface area (Å²) in [6.07, 6.45) is 3.04. The van der Waals surface area contributed by atoms with E-state index < -0.39 is 16.2 Å². The van der Waals surface area contributed by atoms with Gasteiger partial charge in [0.1, 0.15) is 5.60 Å². The Balaban J connectivity index is 0.000000631. The number of carbonyl (C=O) groups excluding carboxylic acids is 1. The second kappa shape index (κ2) is 6.17. The van der Waals surface area contributed by atoms with Crippen molar-refractivity contribution in [2.24, 2.45) is 0 Å². The van der Waals surface area contributed by atoms with E-state index in [1.165, 1.54) is 0 Å². The molecule has 1 rings (SSSR count). The predicted octanol–water partition coefficient (Wildman–Crippen LogP) is 1.79. The van der Waals surface area contributed by atoms with Crippen LogP contribution in [-0.4, -0.2) is 41.8 Å². The van der Waals surface area contributed by atoms with Crippen molar-refractivity contribution in [3.8, 4) is 0 Å². The summed E-state index contributed by atoms with van der Waals surface area (Å²) in [6.45, 7) is 7.80. The molecule has 1 fully saturated rings. The third-order valence-corrected chi connectivity index (χ3v) is 2.86. The van der Waals surface area contributed by atoms with Crippen LogP contribution in [0.15, 0.2) is 0 Å².